The van der Waals surface area contributed by atoms with Gasteiger partial charge in [0.15, 0.2) is 11.6 Å². The fourth-order valence-electron chi connectivity index (χ4n) is 1.50. The lowest BCUT2D eigenvalue weighted by molar-refractivity contribution is 0.0710. The molecule has 2 rings (SSSR count). The zero-order valence-corrected chi connectivity index (χ0v) is 7.91. The van der Waals surface area contributed by atoms with Gasteiger partial charge in [0.05, 0.1) is 0 Å². The third kappa shape index (κ3) is 2.24. The van der Waals surface area contributed by atoms with Gasteiger partial charge in [-0.2, -0.15) is 0 Å². The Balaban J connectivity index is 2.10. The highest BCUT2D eigenvalue weighted by molar-refractivity contribution is 5.25. The lowest BCUT2D eigenvalue weighted by atomic mass is 10.2. The fourth-order valence-corrected chi connectivity index (χ4v) is 1.50. The average Bonchev–Trinajstić information content (AvgIpc) is 2.57. The number of halogens is 2. The van der Waals surface area contributed by atoms with E-state index in [1.165, 1.54) is 6.07 Å². The van der Waals surface area contributed by atoms with E-state index >= 15 is 0 Å². The van der Waals surface area contributed by atoms with Crippen molar-refractivity contribution in [1.82, 2.24) is 5.32 Å². The highest BCUT2D eigenvalue weighted by atomic mass is 19.1. The maximum absolute atomic E-state index is 13.2. The standard InChI is InChI=1S/C10H11F2NO2/c11-6-1-2-9(7(12)3-6)15-10-5-13-4-8(10)14/h1-3,8,10,13-14H,4-5H2. The molecule has 82 valence electrons. The molecule has 2 atom stereocenters. The normalized spacial score (nSPS) is 25.5. The molecule has 15 heavy (non-hydrogen) atoms. The van der Waals surface area contributed by atoms with Crippen LogP contribution in [0, 0.1) is 11.6 Å². The third-order valence-electron chi connectivity index (χ3n) is 2.30. The van der Waals surface area contributed by atoms with Crippen LogP contribution in [0.15, 0.2) is 18.2 Å². The van der Waals surface area contributed by atoms with Gasteiger partial charge in [-0.3, -0.25) is 0 Å². The van der Waals surface area contributed by atoms with Crippen molar-refractivity contribution in [3.05, 3.63) is 29.8 Å². The SMILES string of the molecule is OC1CNCC1Oc1ccc(F)cc1F. The number of rotatable bonds is 2. The Bertz CT molecular complexity index is 359. The molecule has 0 amide bonds. The summed E-state index contributed by atoms with van der Waals surface area (Å²) in [5.74, 6) is -1.44. The third-order valence-corrected chi connectivity index (χ3v) is 2.30. The van der Waals surface area contributed by atoms with E-state index in [1.54, 1.807) is 0 Å². The van der Waals surface area contributed by atoms with Crippen LogP contribution in [0.25, 0.3) is 0 Å². The summed E-state index contributed by atoms with van der Waals surface area (Å²) in [4.78, 5) is 0. The molecule has 1 aliphatic heterocycles. The van der Waals surface area contributed by atoms with Crippen molar-refractivity contribution in [2.45, 2.75) is 12.2 Å². The number of aliphatic hydroxyl groups excluding tert-OH is 1. The molecule has 1 aromatic carbocycles. The van der Waals surface area contributed by atoms with Crippen LogP contribution in [0.3, 0.4) is 0 Å². The summed E-state index contributed by atoms with van der Waals surface area (Å²) in [6.07, 6.45) is -1.14. The number of β-amino-alcohol motifs (C(OH)–C–C–N with tert-alkyl or cyclic N) is 1. The molecule has 1 fully saturated rings. The molecular formula is C10H11F2NO2. The highest BCUT2D eigenvalue weighted by Gasteiger charge is 2.27. The van der Waals surface area contributed by atoms with E-state index in [2.05, 4.69) is 5.32 Å². The summed E-state index contributed by atoms with van der Waals surface area (Å²) in [5, 5.41) is 12.3. The Hall–Kier alpha value is -1.20. The van der Waals surface area contributed by atoms with E-state index in [1.807, 2.05) is 0 Å². The molecule has 1 heterocycles. The minimum absolute atomic E-state index is 0.0378. The minimum Gasteiger partial charge on any atom is -0.483 e. The molecule has 0 aromatic heterocycles. The molecule has 1 aliphatic rings. The van der Waals surface area contributed by atoms with Crippen molar-refractivity contribution in [3.8, 4) is 5.75 Å². The van der Waals surface area contributed by atoms with Crippen molar-refractivity contribution in [2.24, 2.45) is 0 Å². The molecule has 5 heteroatoms. The van der Waals surface area contributed by atoms with Crippen LogP contribution in [-0.4, -0.2) is 30.4 Å². The number of nitrogens with one attached hydrogen (secondary N) is 1. The van der Waals surface area contributed by atoms with Crippen LogP contribution >= 0.6 is 0 Å². The van der Waals surface area contributed by atoms with Gasteiger partial charge >= 0.3 is 0 Å². The van der Waals surface area contributed by atoms with Gasteiger partial charge in [-0.15, -0.1) is 0 Å². The molecule has 0 radical (unpaired) electrons. The Morgan fingerprint density at radius 3 is 2.73 bits per heavy atom. The zero-order valence-electron chi connectivity index (χ0n) is 7.91. The van der Waals surface area contributed by atoms with Crippen LogP contribution in [0.5, 0.6) is 5.75 Å². The molecule has 0 bridgehead atoms. The van der Waals surface area contributed by atoms with E-state index in [4.69, 9.17) is 4.74 Å². The van der Waals surface area contributed by atoms with Crippen molar-refractivity contribution in [1.29, 1.82) is 0 Å². The number of ether oxygens (including phenoxy) is 1. The van der Waals surface area contributed by atoms with Gasteiger partial charge in [-0.1, -0.05) is 0 Å². The molecule has 2 N–H and O–H groups in total. The van der Waals surface area contributed by atoms with E-state index in [0.717, 1.165) is 12.1 Å². The van der Waals surface area contributed by atoms with Crippen molar-refractivity contribution >= 4 is 0 Å². The van der Waals surface area contributed by atoms with E-state index in [0.29, 0.717) is 13.1 Å². The largest absolute Gasteiger partial charge is 0.483 e. The zero-order chi connectivity index (χ0) is 10.8. The van der Waals surface area contributed by atoms with E-state index in [9.17, 15) is 13.9 Å². The van der Waals surface area contributed by atoms with Gasteiger partial charge in [-0.25, -0.2) is 8.78 Å². The first kappa shape index (κ1) is 10.3. The lowest BCUT2D eigenvalue weighted by Gasteiger charge is -2.16. The first-order valence-corrected chi connectivity index (χ1v) is 4.67. The number of hydrogen-bond acceptors (Lipinski definition) is 3. The molecule has 2 unspecified atom stereocenters. The minimum atomic E-state index is -0.755. The Morgan fingerprint density at radius 1 is 1.33 bits per heavy atom. The second kappa shape index (κ2) is 4.12. The maximum atomic E-state index is 13.2. The van der Waals surface area contributed by atoms with Crippen LogP contribution in [0.1, 0.15) is 0 Å². The van der Waals surface area contributed by atoms with Gasteiger partial charge in [-0.05, 0) is 12.1 Å². The van der Waals surface area contributed by atoms with Crippen molar-refractivity contribution in [3.63, 3.8) is 0 Å². The summed E-state index contributed by atoms with van der Waals surface area (Å²) in [5.41, 5.74) is 0. The van der Waals surface area contributed by atoms with Crippen LogP contribution in [-0.2, 0) is 0 Å². The van der Waals surface area contributed by atoms with Gasteiger partial charge in [0, 0.05) is 19.2 Å². The monoisotopic (exact) mass is 215 g/mol. The summed E-state index contributed by atoms with van der Waals surface area (Å²) in [6, 6.07) is 3.09. The maximum Gasteiger partial charge on any atom is 0.167 e. The predicted octanol–water partition coefficient (Wildman–Crippen LogP) is 0.676. The summed E-state index contributed by atoms with van der Waals surface area (Å²) >= 11 is 0. The highest BCUT2D eigenvalue weighted by Crippen LogP contribution is 2.20. The summed E-state index contributed by atoms with van der Waals surface area (Å²) in [7, 11) is 0. The smallest absolute Gasteiger partial charge is 0.167 e. The molecule has 0 aliphatic carbocycles. The molecular weight excluding hydrogens is 204 g/mol. The first-order chi connectivity index (χ1) is 7.16. The van der Waals surface area contributed by atoms with Crippen molar-refractivity contribution < 1.29 is 18.6 Å². The van der Waals surface area contributed by atoms with Crippen LogP contribution in [0.4, 0.5) is 8.78 Å². The lowest BCUT2D eigenvalue weighted by Crippen LogP contribution is -2.30. The van der Waals surface area contributed by atoms with Gasteiger partial charge in [0.2, 0.25) is 0 Å². The first-order valence-electron chi connectivity index (χ1n) is 4.67. The number of hydrogen-bond donors (Lipinski definition) is 2. The Kier molecular flexibility index (Phi) is 2.83. The van der Waals surface area contributed by atoms with Gasteiger partial charge < -0.3 is 15.2 Å². The second-order valence-corrected chi connectivity index (χ2v) is 3.46. The molecule has 0 spiro atoms. The quantitative estimate of drug-likeness (QED) is 0.762. The van der Waals surface area contributed by atoms with Gasteiger partial charge in [0.1, 0.15) is 18.0 Å². The van der Waals surface area contributed by atoms with Crippen molar-refractivity contribution in [2.75, 3.05) is 13.1 Å². The average molecular weight is 215 g/mol. The van der Waals surface area contributed by atoms with E-state index < -0.39 is 23.8 Å². The number of aliphatic hydroxyl groups is 1. The topological polar surface area (TPSA) is 41.5 Å². The Morgan fingerprint density at radius 2 is 2.13 bits per heavy atom. The predicted molar refractivity (Wildman–Crippen MR) is 49.7 cm³/mol. The molecule has 3 nitrogen and oxygen atoms in total. The summed E-state index contributed by atoms with van der Waals surface area (Å²) < 4.78 is 31.0. The summed E-state index contributed by atoms with van der Waals surface area (Å²) in [6.45, 7) is 0.880. The second-order valence-electron chi connectivity index (χ2n) is 3.46. The van der Waals surface area contributed by atoms with E-state index in [-0.39, 0.29) is 5.75 Å². The molecule has 1 saturated heterocycles. The Labute approximate surface area is 85.7 Å². The fraction of sp³-hybridized carbons (Fsp3) is 0.400. The van der Waals surface area contributed by atoms with Gasteiger partial charge in [0.25, 0.3) is 0 Å². The number of benzene rings is 1. The molecule has 1 aromatic rings. The molecule has 0 saturated carbocycles. The van der Waals surface area contributed by atoms with Crippen LogP contribution < -0.4 is 10.1 Å². The van der Waals surface area contributed by atoms with Crippen LogP contribution in [0.2, 0.25) is 0 Å².